The van der Waals surface area contributed by atoms with E-state index in [4.69, 9.17) is 4.84 Å². The van der Waals surface area contributed by atoms with Gasteiger partial charge in [0.1, 0.15) is 0 Å². The van der Waals surface area contributed by atoms with Crippen LogP contribution in [0.3, 0.4) is 0 Å². The van der Waals surface area contributed by atoms with E-state index < -0.39 is 18.1 Å². The number of aromatic nitrogens is 3. The zero-order chi connectivity index (χ0) is 25.3. The minimum atomic E-state index is -5.18. The monoisotopic (exact) mass is 498 g/mol. The summed E-state index contributed by atoms with van der Waals surface area (Å²) in [5, 5.41) is 2.69. The van der Waals surface area contributed by atoms with Crippen LogP contribution in [0.1, 0.15) is 53.7 Å². The van der Waals surface area contributed by atoms with Crippen molar-refractivity contribution in [3.8, 4) is 22.5 Å². The molecule has 1 fully saturated rings. The van der Waals surface area contributed by atoms with Crippen molar-refractivity contribution in [2.75, 3.05) is 6.54 Å². The Bertz CT molecular complexity index is 1280. The summed E-state index contributed by atoms with van der Waals surface area (Å²) in [7, 11) is 0. The highest BCUT2D eigenvalue weighted by Gasteiger charge is 2.43. The van der Waals surface area contributed by atoms with Gasteiger partial charge in [-0.2, -0.15) is 17.9 Å². The summed E-state index contributed by atoms with van der Waals surface area (Å²) in [5.74, 6) is -2.20. The van der Waals surface area contributed by atoms with Gasteiger partial charge in [0.15, 0.2) is 0 Å². The summed E-state index contributed by atoms with van der Waals surface area (Å²) in [4.78, 5) is 38.1. The Balaban J connectivity index is 1.66. The van der Waals surface area contributed by atoms with Crippen LogP contribution in [0, 0.1) is 5.92 Å². The Labute approximate surface area is 205 Å². The Hall–Kier alpha value is -3.69. The van der Waals surface area contributed by atoms with E-state index in [1.807, 2.05) is 6.07 Å². The molecule has 0 spiro atoms. The number of carbonyl (C=O) groups is 2. The van der Waals surface area contributed by atoms with E-state index in [1.165, 1.54) is 18.9 Å². The first kappa shape index (κ1) is 24.0. The molecule has 0 unspecified atom stereocenters. The van der Waals surface area contributed by atoms with Gasteiger partial charge in [0.2, 0.25) is 0 Å². The van der Waals surface area contributed by atoms with Crippen LogP contribution in [0.25, 0.3) is 22.5 Å². The highest BCUT2D eigenvalue weighted by molar-refractivity contribution is 5.98. The Kier molecular flexibility index (Phi) is 6.51. The fraction of sp³-hybridized carbons (Fsp3) is 0.385. The van der Waals surface area contributed by atoms with Crippen molar-refractivity contribution in [3.63, 3.8) is 0 Å². The van der Waals surface area contributed by atoms with E-state index in [0.717, 1.165) is 35.1 Å². The van der Waals surface area contributed by atoms with Crippen LogP contribution in [0.5, 0.6) is 0 Å². The molecule has 3 aromatic heterocycles. The second-order valence-electron chi connectivity index (χ2n) is 9.18. The molecule has 1 aliphatic heterocycles. The number of amides is 1. The molecule has 0 aromatic carbocycles. The van der Waals surface area contributed by atoms with Gasteiger partial charge in [-0.15, -0.1) is 0 Å². The summed E-state index contributed by atoms with van der Waals surface area (Å²) >= 11 is 0. The molecule has 1 amide bonds. The molecule has 5 rings (SSSR count). The summed E-state index contributed by atoms with van der Waals surface area (Å²) in [5.41, 5.74) is 3.45. The second kappa shape index (κ2) is 9.75. The minimum Gasteiger partial charge on any atom is -0.352 e. The first-order valence-electron chi connectivity index (χ1n) is 12.0. The standard InChI is InChI=1S/C26H25F3N4O3/c27-26(28,29)25(35)36-33-21-10-13-32-24(34)20(21)14-22(33)18-9-12-31-23(17-6-3-11-30-15-17)19(18)8-7-16-4-1-2-5-16/h3,6,9,11-12,14-16H,1-2,4-5,7-8,10,13H2,(H,32,34). The topological polar surface area (TPSA) is 86.1 Å². The van der Waals surface area contributed by atoms with Crippen LogP contribution in [-0.2, 0) is 17.6 Å². The van der Waals surface area contributed by atoms with Gasteiger partial charge in [-0.05, 0) is 48.6 Å². The fourth-order valence-electron chi connectivity index (χ4n) is 5.17. The number of hydrogen-bond donors (Lipinski definition) is 1. The maximum Gasteiger partial charge on any atom is 0.493 e. The second-order valence-corrected chi connectivity index (χ2v) is 9.18. The molecule has 0 radical (unpaired) electrons. The number of halogens is 3. The van der Waals surface area contributed by atoms with Gasteiger partial charge in [-0.3, -0.25) is 14.8 Å². The third-order valence-corrected chi connectivity index (χ3v) is 6.90. The summed E-state index contributed by atoms with van der Waals surface area (Å²) in [6.45, 7) is 0.227. The van der Waals surface area contributed by atoms with E-state index in [9.17, 15) is 22.8 Å². The lowest BCUT2D eigenvalue weighted by atomic mass is 9.92. The molecule has 7 nitrogen and oxygen atoms in total. The predicted octanol–water partition coefficient (Wildman–Crippen LogP) is 4.54. The number of fused-ring (bicyclic) bond motifs is 1. The van der Waals surface area contributed by atoms with Gasteiger partial charge < -0.3 is 10.2 Å². The van der Waals surface area contributed by atoms with Gasteiger partial charge in [0, 0.05) is 42.7 Å². The number of hydrogen-bond acceptors (Lipinski definition) is 5. The molecular formula is C26H25F3N4O3. The lowest BCUT2D eigenvalue weighted by Crippen LogP contribution is -2.37. The van der Waals surface area contributed by atoms with E-state index in [0.29, 0.717) is 23.6 Å². The SMILES string of the molecule is O=C1NCCc2c1cc(-c1ccnc(-c3cccnc3)c1CCC1CCCC1)n2OC(=O)C(F)(F)F. The molecule has 0 bridgehead atoms. The number of pyridine rings is 2. The van der Waals surface area contributed by atoms with Crippen molar-refractivity contribution < 1.29 is 27.6 Å². The average Bonchev–Trinajstić information content (AvgIpc) is 3.51. The van der Waals surface area contributed by atoms with Crippen LogP contribution in [0.2, 0.25) is 0 Å². The number of alkyl halides is 3. The third kappa shape index (κ3) is 4.72. The molecule has 1 saturated carbocycles. The maximum atomic E-state index is 13.2. The Morgan fingerprint density at radius 2 is 1.97 bits per heavy atom. The summed E-state index contributed by atoms with van der Waals surface area (Å²) in [6.07, 6.45) is 6.15. The molecule has 2 aliphatic rings. The van der Waals surface area contributed by atoms with Gasteiger partial charge in [0.05, 0.1) is 22.6 Å². The molecule has 3 aromatic rings. The van der Waals surface area contributed by atoms with Crippen LogP contribution >= 0.6 is 0 Å². The van der Waals surface area contributed by atoms with Crippen molar-refractivity contribution in [2.24, 2.45) is 5.92 Å². The zero-order valence-electron chi connectivity index (χ0n) is 19.5. The lowest BCUT2D eigenvalue weighted by molar-refractivity contribution is -0.199. The van der Waals surface area contributed by atoms with Gasteiger partial charge in [0.25, 0.3) is 5.91 Å². The van der Waals surface area contributed by atoms with Crippen molar-refractivity contribution in [1.82, 2.24) is 20.0 Å². The minimum absolute atomic E-state index is 0.188. The first-order valence-corrected chi connectivity index (χ1v) is 12.0. The smallest absolute Gasteiger partial charge is 0.352 e. The Morgan fingerprint density at radius 1 is 1.17 bits per heavy atom. The van der Waals surface area contributed by atoms with Crippen molar-refractivity contribution in [3.05, 3.63) is 59.7 Å². The van der Waals surface area contributed by atoms with E-state index in [-0.39, 0.29) is 29.9 Å². The highest BCUT2D eigenvalue weighted by Crippen LogP contribution is 2.37. The maximum absolute atomic E-state index is 13.2. The van der Waals surface area contributed by atoms with Crippen LogP contribution < -0.4 is 10.2 Å². The molecule has 10 heteroatoms. The van der Waals surface area contributed by atoms with Gasteiger partial charge >= 0.3 is 12.1 Å². The van der Waals surface area contributed by atoms with Gasteiger partial charge in [-0.1, -0.05) is 25.7 Å². The van der Waals surface area contributed by atoms with Crippen LogP contribution in [-0.4, -0.2) is 39.3 Å². The molecular weight excluding hydrogens is 473 g/mol. The van der Waals surface area contributed by atoms with Crippen LogP contribution in [0.15, 0.2) is 42.9 Å². The van der Waals surface area contributed by atoms with Crippen molar-refractivity contribution >= 4 is 11.9 Å². The summed E-state index contributed by atoms with van der Waals surface area (Å²) < 4.78 is 40.4. The Morgan fingerprint density at radius 3 is 2.69 bits per heavy atom. The molecule has 1 N–H and O–H groups in total. The highest BCUT2D eigenvalue weighted by atomic mass is 19.4. The first-order chi connectivity index (χ1) is 17.3. The third-order valence-electron chi connectivity index (χ3n) is 6.90. The quantitative estimate of drug-likeness (QED) is 0.540. The van der Waals surface area contributed by atoms with Crippen molar-refractivity contribution in [1.29, 1.82) is 0 Å². The zero-order valence-corrected chi connectivity index (χ0v) is 19.5. The number of carbonyl (C=O) groups excluding carboxylic acids is 2. The van der Waals surface area contributed by atoms with Crippen molar-refractivity contribution in [2.45, 2.75) is 51.1 Å². The lowest BCUT2D eigenvalue weighted by Gasteiger charge is -2.19. The van der Waals surface area contributed by atoms with Crippen LogP contribution in [0.4, 0.5) is 13.2 Å². The fourth-order valence-corrected chi connectivity index (χ4v) is 5.17. The molecule has 0 saturated heterocycles. The normalized spacial score (nSPS) is 16.0. The molecule has 4 heterocycles. The van der Waals surface area contributed by atoms with E-state index in [1.54, 1.807) is 30.7 Å². The van der Waals surface area contributed by atoms with Gasteiger partial charge in [-0.25, -0.2) is 4.79 Å². The number of nitrogens with one attached hydrogen (secondary N) is 1. The van der Waals surface area contributed by atoms with E-state index in [2.05, 4.69) is 15.3 Å². The number of nitrogens with zero attached hydrogens (tertiary/aromatic N) is 3. The average molecular weight is 499 g/mol. The molecule has 1 aliphatic carbocycles. The molecule has 36 heavy (non-hydrogen) atoms. The molecule has 188 valence electrons. The predicted molar refractivity (Wildman–Crippen MR) is 125 cm³/mol. The number of rotatable bonds is 6. The molecule has 0 atom stereocenters. The van der Waals surface area contributed by atoms with E-state index >= 15 is 0 Å². The largest absolute Gasteiger partial charge is 0.493 e. The summed E-state index contributed by atoms with van der Waals surface area (Å²) in [6, 6.07) is 6.86.